The molecule has 2 unspecified atom stereocenters. The van der Waals surface area contributed by atoms with Gasteiger partial charge in [0.1, 0.15) is 11.4 Å². The number of hydrogen-bond acceptors (Lipinski definition) is 4. The SMILES string of the molecule is CC(C)(C)C(C(=O)O)C1(O)c2cc(I)ccc2Oc2ncc(Br)cc21. The zero-order chi connectivity index (χ0) is 18.6. The average molecular weight is 518 g/mol. The lowest BCUT2D eigenvalue weighted by atomic mass is 9.64. The van der Waals surface area contributed by atoms with E-state index in [4.69, 9.17) is 4.74 Å². The molecular formula is C18H17BrINO4. The van der Waals surface area contributed by atoms with Crippen molar-refractivity contribution in [3.63, 3.8) is 0 Å². The van der Waals surface area contributed by atoms with E-state index in [2.05, 4.69) is 43.5 Å². The molecule has 3 rings (SSSR count). The zero-order valence-corrected chi connectivity index (χ0v) is 17.6. The van der Waals surface area contributed by atoms with Crippen LogP contribution in [0.3, 0.4) is 0 Å². The second kappa shape index (κ2) is 6.21. The van der Waals surface area contributed by atoms with E-state index in [9.17, 15) is 15.0 Å². The molecule has 7 heteroatoms. The van der Waals surface area contributed by atoms with Gasteiger partial charge in [-0.3, -0.25) is 4.79 Å². The van der Waals surface area contributed by atoms with Crippen LogP contribution in [0.15, 0.2) is 34.9 Å². The summed E-state index contributed by atoms with van der Waals surface area (Å²) in [7, 11) is 0. The minimum Gasteiger partial charge on any atom is -0.481 e. The number of rotatable bonds is 2. The Hall–Kier alpha value is -1.19. The number of pyridine rings is 1. The minimum absolute atomic E-state index is 0.218. The van der Waals surface area contributed by atoms with E-state index in [-0.39, 0.29) is 5.88 Å². The van der Waals surface area contributed by atoms with E-state index >= 15 is 0 Å². The second-order valence-corrected chi connectivity index (χ2v) is 9.31. The molecule has 132 valence electrons. The predicted molar refractivity (Wildman–Crippen MR) is 105 cm³/mol. The molecule has 25 heavy (non-hydrogen) atoms. The number of halogens is 2. The van der Waals surface area contributed by atoms with Gasteiger partial charge in [-0.15, -0.1) is 0 Å². The Morgan fingerprint density at radius 1 is 1.32 bits per heavy atom. The van der Waals surface area contributed by atoms with Crippen molar-refractivity contribution in [3.8, 4) is 11.6 Å². The molecule has 0 radical (unpaired) electrons. The van der Waals surface area contributed by atoms with Gasteiger partial charge in [0.15, 0.2) is 0 Å². The minimum atomic E-state index is -1.77. The summed E-state index contributed by atoms with van der Waals surface area (Å²) in [4.78, 5) is 16.4. The lowest BCUT2D eigenvalue weighted by Crippen LogP contribution is -2.49. The van der Waals surface area contributed by atoms with E-state index in [1.807, 2.05) is 6.07 Å². The highest BCUT2D eigenvalue weighted by Crippen LogP contribution is 2.54. The van der Waals surface area contributed by atoms with Crippen LogP contribution < -0.4 is 4.74 Å². The maximum absolute atomic E-state index is 12.2. The third-order valence-electron chi connectivity index (χ3n) is 4.32. The van der Waals surface area contributed by atoms with Gasteiger partial charge in [-0.2, -0.15) is 0 Å². The number of hydrogen-bond donors (Lipinski definition) is 2. The van der Waals surface area contributed by atoms with Crippen LogP contribution in [0.4, 0.5) is 0 Å². The first-order chi connectivity index (χ1) is 11.5. The highest BCUT2D eigenvalue weighted by Gasteiger charge is 2.55. The summed E-state index contributed by atoms with van der Waals surface area (Å²) in [6.45, 7) is 5.41. The van der Waals surface area contributed by atoms with Crippen molar-refractivity contribution in [2.45, 2.75) is 26.4 Å². The van der Waals surface area contributed by atoms with Crippen LogP contribution in [0.1, 0.15) is 31.9 Å². The van der Waals surface area contributed by atoms with Crippen LogP contribution in [0.25, 0.3) is 0 Å². The average Bonchev–Trinajstić information content (AvgIpc) is 2.47. The van der Waals surface area contributed by atoms with E-state index in [0.29, 0.717) is 21.3 Å². The zero-order valence-electron chi connectivity index (χ0n) is 13.9. The summed E-state index contributed by atoms with van der Waals surface area (Å²) in [5.41, 5.74) is -1.70. The van der Waals surface area contributed by atoms with Gasteiger partial charge in [-0.25, -0.2) is 4.98 Å². The fourth-order valence-corrected chi connectivity index (χ4v) is 4.23. The first-order valence-electron chi connectivity index (χ1n) is 7.64. The smallest absolute Gasteiger partial charge is 0.310 e. The summed E-state index contributed by atoms with van der Waals surface area (Å²) in [6, 6.07) is 7.01. The maximum atomic E-state index is 12.2. The molecule has 0 bridgehead atoms. The van der Waals surface area contributed by atoms with Gasteiger partial charge in [0.2, 0.25) is 5.88 Å². The Kier molecular flexibility index (Phi) is 4.62. The van der Waals surface area contributed by atoms with Crippen molar-refractivity contribution in [2.24, 2.45) is 11.3 Å². The molecule has 2 N–H and O–H groups in total. The molecule has 1 aliphatic rings. The molecule has 1 aliphatic heterocycles. The lowest BCUT2D eigenvalue weighted by Gasteiger charge is -2.44. The molecule has 1 aromatic carbocycles. The van der Waals surface area contributed by atoms with Gasteiger partial charge in [0, 0.05) is 19.8 Å². The molecule has 2 aromatic rings. The lowest BCUT2D eigenvalue weighted by molar-refractivity contribution is -0.158. The molecule has 0 saturated carbocycles. The molecule has 0 amide bonds. The number of aliphatic hydroxyl groups is 1. The number of ether oxygens (including phenoxy) is 1. The van der Waals surface area contributed by atoms with Gasteiger partial charge in [-0.05, 0) is 68.2 Å². The molecule has 0 aliphatic carbocycles. The van der Waals surface area contributed by atoms with Crippen LogP contribution in [0.5, 0.6) is 11.6 Å². The summed E-state index contributed by atoms with van der Waals surface area (Å²) in [6.07, 6.45) is 1.56. The number of carboxylic acid groups (broad SMARTS) is 1. The Morgan fingerprint density at radius 2 is 2.00 bits per heavy atom. The Bertz CT molecular complexity index is 811. The first-order valence-corrected chi connectivity index (χ1v) is 9.51. The molecule has 0 spiro atoms. The number of aromatic nitrogens is 1. The van der Waals surface area contributed by atoms with Gasteiger partial charge in [-0.1, -0.05) is 20.8 Å². The van der Waals surface area contributed by atoms with Crippen LogP contribution >= 0.6 is 38.5 Å². The van der Waals surface area contributed by atoms with Gasteiger partial charge >= 0.3 is 5.97 Å². The van der Waals surface area contributed by atoms with Crippen molar-refractivity contribution in [2.75, 3.05) is 0 Å². The monoisotopic (exact) mass is 517 g/mol. The van der Waals surface area contributed by atoms with Crippen molar-refractivity contribution >= 4 is 44.5 Å². The molecule has 0 saturated heterocycles. The number of fused-ring (bicyclic) bond motifs is 2. The van der Waals surface area contributed by atoms with Gasteiger partial charge < -0.3 is 14.9 Å². The van der Waals surface area contributed by atoms with Crippen molar-refractivity contribution < 1.29 is 19.7 Å². The number of benzene rings is 1. The topological polar surface area (TPSA) is 79.7 Å². The number of carbonyl (C=O) groups is 1. The largest absolute Gasteiger partial charge is 0.481 e. The van der Waals surface area contributed by atoms with Crippen molar-refractivity contribution in [1.29, 1.82) is 0 Å². The third kappa shape index (κ3) is 3.06. The van der Waals surface area contributed by atoms with Crippen LogP contribution in [-0.4, -0.2) is 21.2 Å². The Morgan fingerprint density at radius 3 is 2.60 bits per heavy atom. The van der Waals surface area contributed by atoms with Crippen molar-refractivity contribution in [1.82, 2.24) is 4.98 Å². The Balaban J connectivity index is 2.39. The Labute approximate surface area is 167 Å². The maximum Gasteiger partial charge on any atom is 0.310 e. The van der Waals surface area contributed by atoms with Gasteiger partial charge in [0.25, 0.3) is 0 Å². The van der Waals surface area contributed by atoms with E-state index in [1.54, 1.807) is 45.2 Å². The molecule has 2 atom stereocenters. The first kappa shape index (κ1) is 18.6. The molecule has 1 aromatic heterocycles. The quantitative estimate of drug-likeness (QED) is 0.572. The third-order valence-corrected chi connectivity index (χ3v) is 5.42. The predicted octanol–water partition coefficient (Wildman–Crippen LogP) is 4.54. The van der Waals surface area contributed by atoms with Gasteiger partial charge in [0.05, 0.1) is 11.5 Å². The molecule has 5 nitrogen and oxygen atoms in total. The highest BCUT2D eigenvalue weighted by molar-refractivity contribution is 14.1. The highest BCUT2D eigenvalue weighted by atomic mass is 127. The van der Waals surface area contributed by atoms with E-state index in [1.165, 1.54) is 0 Å². The molecule has 2 heterocycles. The molecular weight excluding hydrogens is 501 g/mol. The number of carboxylic acids is 1. The van der Waals surface area contributed by atoms with E-state index < -0.39 is 22.9 Å². The summed E-state index contributed by atoms with van der Waals surface area (Å²) in [5.74, 6) is -1.54. The summed E-state index contributed by atoms with van der Waals surface area (Å²) >= 11 is 5.49. The normalized spacial score (nSPS) is 20.2. The standard InChI is InChI=1S/C18H17BrINO4/c1-17(2,3)14(16(22)23)18(24)11-7-10(20)4-5-13(11)25-15-12(18)6-9(19)8-21-15/h4-8,14,24H,1-3H3,(H,22,23). The fraction of sp³-hybridized carbons (Fsp3) is 0.333. The number of aliphatic carboxylic acids is 1. The van der Waals surface area contributed by atoms with Crippen LogP contribution in [0.2, 0.25) is 0 Å². The second-order valence-electron chi connectivity index (χ2n) is 7.15. The molecule has 0 fully saturated rings. The van der Waals surface area contributed by atoms with Crippen LogP contribution in [-0.2, 0) is 10.4 Å². The number of nitrogens with zero attached hydrogens (tertiary/aromatic N) is 1. The summed E-state index contributed by atoms with van der Waals surface area (Å²) in [5, 5.41) is 21.8. The summed E-state index contributed by atoms with van der Waals surface area (Å²) < 4.78 is 7.35. The van der Waals surface area contributed by atoms with Crippen molar-refractivity contribution in [3.05, 3.63) is 49.6 Å². The fourth-order valence-electron chi connectivity index (χ4n) is 3.41. The van der Waals surface area contributed by atoms with E-state index in [0.717, 1.165) is 3.57 Å². The van der Waals surface area contributed by atoms with Crippen LogP contribution in [0, 0.1) is 14.9 Å².